The van der Waals surface area contributed by atoms with E-state index in [-0.39, 0.29) is 24.3 Å². The van der Waals surface area contributed by atoms with Crippen LogP contribution in [0.15, 0.2) is 22.7 Å². The fraction of sp³-hybridized carbons (Fsp3) is 0.538. The number of halogens is 3. The second-order valence-electron chi connectivity index (χ2n) is 4.84. The zero-order valence-electron chi connectivity index (χ0n) is 10.4. The first-order valence-electron chi connectivity index (χ1n) is 5.98. The molecule has 0 aliphatic carbocycles. The van der Waals surface area contributed by atoms with Crippen LogP contribution in [0.5, 0.6) is 0 Å². The smallest absolute Gasteiger partial charge is 0.128 e. The van der Waals surface area contributed by atoms with Crippen molar-refractivity contribution in [3.05, 3.63) is 34.1 Å². The van der Waals surface area contributed by atoms with E-state index in [2.05, 4.69) is 20.8 Å². The third-order valence-electron chi connectivity index (χ3n) is 3.50. The van der Waals surface area contributed by atoms with Crippen molar-refractivity contribution >= 4 is 28.3 Å². The molecule has 2 N–H and O–H groups in total. The number of hydrogen-bond donors (Lipinski definition) is 1. The second-order valence-corrected chi connectivity index (χ2v) is 5.70. The van der Waals surface area contributed by atoms with Crippen LogP contribution in [-0.4, -0.2) is 24.0 Å². The summed E-state index contributed by atoms with van der Waals surface area (Å²) in [4.78, 5) is 2.28. The molecule has 0 bridgehead atoms. The van der Waals surface area contributed by atoms with Gasteiger partial charge in [0, 0.05) is 29.2 Å². The number of hydrogen-bond acceptors (Lipinski definition) is 2. The molecule has 1 aliphatic heterocycles. The Kier molecular flexibility index (Phi) is 6.05. The van der Waals surface area contributed by atoms with Gasteiger partial charge in [0.05, 0.1) is 0 Å². The largest absolute Gasteiger partial charge is 0.328 e. The molecular weight excluding hydrogens is 319 g/mol. The van der Waals surface area contributed by atoms with E-state index in [0.717, 1.165) is 29.5 Å². The van der Waals surface area contributed by atoms with Crippen molar-refractivity contribution in [2.45, 2.75) is 25.9 Å². The van der Waals surface area contributed by atoms with Crippen LogP contribution in [0.2, 0.25) is 0 Å². The van der Waals surface area contributed by atoms with Crippen molar-refractivity contribution in [2.75, 3.05) is 13.1 Å². The summed E-state index contributed by atoms with van der Waals surface area (Å²) in [7, 11) is 0. The number of nitrogens with zero attached hydrogens (tertiary/aromatic N) is 1. The number of likely N-dealkylation sites (tertiary alicyclic amines) is 1. The second kappa shape index (κ2) is 6.85. The molecule has 2 unspecified atom stereocenters. The standard InChI is InChI=1S/C13H18BrFN2.ClH/c1-9(16)10-5-6-17(7-10)8-11-12(14)3-2-4-13(11)15;/h2-4,9-10H,5-8,16H2,1H3;1H. The van der Waals surface area contributed by atoms with Crippen molar-refractivity contribution in [1.82, 2.24) is 4.90 Å². The van der Waals surface area contributed by atoms with E-state index in [0.29, 0.717) is 12.5 Å². The molecule has 0 amide bonds. The Morgan fingerprint density at radius 1 is 1.56 bits per heavy atom. The lowest BCUT2D eigenvalue weighted by Gasteiger charge is -2.18. The van der Waals surface area contributed by atoms with Gasteiger partial charge in [-0.15, -0.1) is 12.4 Å². The zero-order valence-corrected chi connectivity index (χ0v) is 12.8. The van der Waals surface area contributed by atoms with Crippen molar-refractivity contribution in [3.63, 3.8) is 0 Å². The summed E-state index contributed by atoms with van der Waals surface area (Å²) in [6.45, 7) is 4.69. The summed E-state index contributed by atoms with van der Waals surface area (Å²) in [6.07, 6.45) is 1.11. The van der Waals surface area contributed by atoms with Gasteiger partial charge >= 0.3 is 0 Å². The molecule has 2 atom stereocenters. The maximum atomic E-state index is 13.7. The first-order chi connectivity index (χ1) is 8.08. The minimum atomic E-state index is -0.136. The molecule has 1 aromatic rings. The van der Waals surface area contributed by atoms with Gasteiger partial charge in [0.15, 0.2) is 0 Å². The number of rotatable bonds is 3. The van der Waals surface area contributed by atoms with E-state index in [9.17, 15) is 4.39 Å². The maximum Gasteiger partial charge on any atom is 0.128 e. The number of benzene rings is 1. The van der Waals surface area contributed by atoms with Crippen LogP contribution < -0.4 is 5.73 Å². The van der Waals surface area contributed by atoms with Gasteiger partial charge in [-0.1, -0.05) is 22.0 Å². The van der Waals surface area contributed by atoms with Crippen LogP contribution in [0.3, 0.4) is 0 Å². The van der Waals surface area contributed by atoms with Gasteiger partial charge in [-0.05, 0) is 37.9 Å². The Hall–Kier alpha value is -0.160. The quantitative estimate of drug-likeness (QED) is 0.918. The number of nitrogens with two attached hydrogens (primary N) is 1. The van der Waals surface area contributed by atoms with Crippen molar-refractivity contribution in [2.24, 2.45) is 11.7 Å². The van der Waals surface area contributed by atoms with E-state index >= 15 is 0 Å². The molecular formula is C13H19BrClFN2. The van der Waals surface area contributed by atoms with E-state index in [1.807, 2.05) is 13.0 Å². The predicted molar refractivity (Wildman–Crippen MR) is 78.4 cm³/mol. The Balaban J connectivity index is 0.00000162. The summed E-state index contributed by atoms with van der Waals surface area (Å²) >= 11 is 3.41. The Morgan fingerprint density at radius 2 is 2.28 bits per heavy atom. The summed E-state index contributed by atoms with van der Waals surface area (Å²) in [5.74, 6) is 0.407. The highest BCUT2D eigenvalue weighted by molar-refractivity contribution is 9.10. The third kappa shape index (κ3) is 3.67. The first-order valence-corrected chi connectivity index (χ1v) is 6.78. The molecule has 1 fully saturated rings. The van der Waals surface area contributed by atoms with Crippen molar-refractivity contribution in [1.29, 1.82) is 0 Å². The normalized spacial score (nSPS) is 21.7. The van der Waals surface area contributed by atoms with Gasteiger partial charge in [0.1, 0.15) is 5.82 Å². The summed E-state index contributed by atoms with van der Waals surface area (Å²) in [5, 5.41) is 0. The van der Waals surface area contributed by atoms with E-state index in [1.165, 1.54) is 6.07 Å². The van der Waals surface area contributed by atoms with Crippen LogP contribution >= 0.6 is 28.3 Å². The van der Waals surface area contributed by atoms with Crippen LogP contribution in [0.4, 0.5) is 4.39 Å². The molecule has 0 radical (unpaired) electrons. The van der Waals surface area contributed by atoms with Gasteiger partial charge in [-0.3, -0.25) is 4.90 Å². The van der Waals surface area contributed by atoms with Crippen molar-refractivity contribution in [3.8, 4) is 0 Å². The minimum absolute atomic E-state index is 0. The molecule has 1 aliphatic rings. The highest BCUT2D eigenvalue weighted by atomic mass is 79.9. The first kappa shape index (κ1) is 15.9. The molecule has 1 saturated heterocycles. The van der Waals surface area contributed by atoms with E-state index < -0.39 is 0 Å². The summed E-state index contributed by atoms with van der Waals surface area (Å²) < 4.78 is 14.5. The third-order valence-corrected chi connectivity index (χ3v) is 4.24. The predicted octanol–water partition coefficient (Wildman–Crippen LogP) is 3.18. The zero-order chi connectivity index (χ0) is 12.4. The fourth-order valence-electron chi connectivity index (χ4n) is 2.34. The molecule has 2 rings (SSSR count). The van der Waals surface area contributed by atoms with Crippen molar-refractivity contribution < 1.29 is 4.39 Å². The molecule has 0 saturated carbocycles. The summed E-state index contributed by atoms with van der Waals surface area (Å²) in [5.41, 5.74) is 6.65. The summed E-state index contributed by atoms with van der Waals surface area (Å²) in [6, 6.07) is 5.35. The molecule has 102 valence electrons. The Labute approximate surface area is 122 Å². The molecule has 5 heteroatoms. The molecule has 0 aromatic heterocycles. The van der Waals surface area contributed by atoms with E-state index in [1.54, 1.807) is 6.07 Å². The molecule has 18 heavy (non-hydrogen) atoms. The van der Waals surface area contributed by atoms with Crippen LogP contribution in [0.1, 0.15) is 18.9 Å². The van der Waals surface area contributed by atoms with Crippen LogP contribution in [0, 0.1) is 11.7 Å². The molecule has 1 heterocycles. The molecule has 1 aromatic carbocycles. The average molecular weight is 338 g/mol. The molecule has 2 nitrogen and oxygen atoms in total. The van der Waals surface area contributed by atoms with Gasteiger partial charge in [0.25, 0.3) is 0 Å². The highest BCUT2D eigenvalue weighted by Gasteiger charge is 2.26. The van der Waals surface area contributed by atoms with E-state index in [4.69, 9.17) is 5.73 Å². The lowest BCUT2D eigenvalue weighted by molar-refractivity contribution is 0.303. The highest BCUT2D eigenvalue weighted by Crippen LogP contribution is 2.25. The molecule has 0 spiro atoms. The van der Waals surface area contributed by atoms with Crippen LogP contribution in [-0.2, 0) is 6.54 Å². The SMILES string of the molecule is CC(N)C1CCN(Cc2c(F)cccc2Br)C1.Cl. The average Bonchev–Trinajstić information content (AvgIpc) is 2.72. The van der Waals surface area contributed by atoms with Crippen LogP contribution in [0.25, 0.3) is 0 Å². The maximum absolute atomic E-state index is 13.7. The lowest BCUT2D eigenvalue weighted by Crippen LogP contribution is -2.29. The Morgan fingerprint density at radius 3 is 2.83 bits per heavy atom. The topological polar surface area (TPSA) is 29.3 Å². The Bertz CT molecular complexity index is 380. The monoisotopic (exact) mass is 336 g/mol. The van der Waals surface area contributed by atoms with Gasteiger partial charge in [-0.25, -0.2) is 4.39 Å². The van der Waals surface area contributed by atoms with Gasteiger partial charge in [-0.2, -0.15) is 0 Å². The van der Waals surface area contributed by atoms with Gasteiger partial charge < -0.3 is 5.73 Å². The van der Waals surface area contributed by atoms with Gasteiger partial charge in [0.2, 0.25) is 0 Å². The fourth-order valence-corrected chi connectivity index (χ4v) is 2.81. The minimum Gasteiger partial charge on any atom is -0.328 e. The lowest BCUT2D eigenvalue weighted by atomic mass is 10.0.